The molecule has 3 rings (SSSR count). The van der Waals surface area contributed by atoms with Crippen LogP contribution in [-0.2, 0) is 17.7 Å². The molecule has 5 nitrogen and oxygen atoms in total. The summed E-state index contributed by atoms with van der Waals surface area (Å²) in [6.45, 7) is 12.2. The van der Waals surface area contributed by atoms with Gasteiger partial charge in [-0.3, -0.25) is 0 Å². The van der Waals surface area contributed by atoms with Crippen molar-refractivity contribution < 1.29 is 4.74 Å². The monoisotopic (exact) mass is 276 g/mol. The molecule has 5 heteroatoms. The Balaban J connectivity index is 1.96. The van der Waals surface area contributed by atoms with E-state index in [0.717, 1.165) is 38.4 Å². The topological polar surface area (TPSA) is 50.3 Å². The zero-order valence-corrected chi connectivity index (χ0v) is 12.9. The van der Waals surface area contributed by atoms with Crippen molar-refractivity contribution in [3.8, 4) is 0 Å². The molecule has 2 aliphatic heterocycles. The summed E-state index contributed by atoms with van der Waals surface area (Å²) in [7, 11) is 0. The van der Waals surface area contributed by atoms with Crippen molar-refractivity contribution in [1.82, 2.24) is 15.3 Å². The van der Waals surface area contributed by atoms with Crippen LogP contribution in [0.25, 0.3) is 0 Å². The molecule has 0 amide bonds. The molecule has 2 aliphatic rings. The largest absolute Gasteiger partial charge is 0.366 e. The molecule has 110 valence electrons. The van der Waals surface area contributed by atoms with Gasteiger partial charge >= 0.3 is 0 Å². The van der Waals surface area contributed by atoms with Crippen LogP contribution in [0.3, 0.4) is 0 Å². The molecule has 1 saturated heterocycles. The summed E-state index contributed by atoms with van der Waals surface area (Å²) in [5.74, 6) is 1.08. The minimum Gasteiger partial charge on any atom is -0.366 e. The van der Waals surface area contributed by atoms with Gasteiger partial charge in [-0.2, -0.15) is 0 Å². The molecule has 0 unspecified atom stereocenters. The van der Waals surface area contributed by atoms with Crippen LogP contribution < -0.4 is 10.2 Å². The summed E-state index contributed by atoms with van der Waals surface area (Å²) in [6, 6.07) is 0. The van der Waals surface area contributed by atoms with Gasteiger partial charge in [0.2, 0.25) is 0 Å². The second-order valence-electron chi connectivity index (χ2n) is 7.03. The molecule has 0 aliphatic carbocycles. The number of ether oxygens (including phenoxy) is 1. The van der Waals surface area contributed by atoms with E-state index in [0.29, 0.717) is 0 Å². The van der Waals surface area contributed by atoms with Gasteiger partial charge in [-0.05, 0) is 27.7 Å². The zero-order chi connectivity index (χ0) is 14.4. The summed E-state index contributed by atoms with van der Waals surface area (Å²) >= 11 is 0. The lowest BCUT2D eigenvalue weighted by molar-refractivity contribution is -0.133. The van der Waals surface area contributed by atoms with Crippen molar-refractivity contribution in [1.29, 1.82) is 0 Å². The maximum atomic E-state index is 6.16. The zero-order valence-electron chi connectivity index (χ0n) is 12.9. The summed E-state index contributed by atoms with van der Waals surface area (Å²) in [5.41, 5.74) is 2.12. The first kappa shape index (κ1) is 13.8. The van der Waals surface area contributed by atoms with Crippen molar-refractivity contribution >= 4 is 5.82 Å². The third-order valence-electron chi connectivity index (χ3n) is 3.85. The van der Waals surface area contributed by atoms with E-state index in [1.165, 1.54) is 11.3 Å². The molecule has 1 fully saturated rings. The molecule has 1 N–H and O–H groups in total. The number of hydrogen-bond donors (Lipinski definition) is 1. The maximum absolute atomic E-state index is 6.16. The minimum absolute atomic E-state index is 0.165. The van der Waals surface area contributed by atoms with Crippen LogP contribution in [0.1, 0.15) is 39.0 Å². The smallest absolute Gasteiger partial charge is 0.136 e. The number of nitrogens with one attached hydrogen (secondary N) is 1. The number of nitrogens with zero attached hydrogens (tertiary/aromatic N) is 3. The van der Waals surface area contributed by atoms with Crippen LogP contribution in [0.2, 0.25) is 0 Å². The van der Waals surface area contributed by atoms with Crippen molar-refractivity contribution in [2.24, 2.45) is 0 Å². The second-order valence-corrected chi connectivity index (χ2v) is 7.03. The molecule has 3 heterocycles. The molecule has 0 radical (unpaired) electrons. The van der Waals surface area contributed by atoms with Crippen molar-refractivity contribution in [2.45, 2.75) is 51.9 Å². The third kappa shape index (κ3) is 2.65. The normalized spacial score (nSPS) is 24.3. The van der Waals surface area contributed by atoms with Crippen LogP contribution in [-0.4, -0.2) is 40.8 Å². The molecular formula is C15H24N4O. The van der Waals surface area contributed by atoms with E-state index in [2.05, 4.69) is 47.9 Å². The van der Waals surface area contributed by atoms with E-state index in [9.17, 15) is 0 Å². The van der Waals surface area contributed by atoms with E-state index in [1.54, 1.807) is 6.33 Å². The Bertz CT molecular complexity index is 497. The fraction of sp³-hybridized carbons (Fsp3) is 0.733. The number of anilines is 1. The molecule has 0 atom stereocenters. The molecule has 20 heavy (non-hydrogen) atoms. The maximum Gasteiger partial charge on any atom is 0.136 e. The number of aromatic nitrogens is 2. The predicted molar refractivity (Wildman–Crippen MR) is 78.9 cm³/mol. The Hall–Kier alpha value is -1.20. The lowest BCUT2D eigenvalue weighted by Crippen LogP contribution is -2.57. The highest BCUT2D eigenvalue weighted by Gasteiger charge is 2.39. The molecule has 1 aromatic rings. The van der Waals surface area contributed by atoms with Crippen molar-refractivity contribution in [2.75, 3.05) is 24.5 Å². The molecule has 1 aromatic heterocycles. The van der Waals surface area contributed by atoms with E-state index < -0.39 is 0 Å². The molecule has 0 bridgehead atoms. The Labute approximate surface area is 120 Å². The van der Waals surface area contributed by atoms with Gasteiger partial charge in [0, 0.05) is 38.2 Å². The molecule has 0 spiro atoms. The van der Waals surface area contributed by atoms with Gasteiger partial charge in [0.05, 0.1) is 16.9 Å². The standard InChI is InChI=1S/C15H24N4O/c1-14(2)8-19(9-15(3,4)20-14)13-11-7-16-6-5-12(11)17-10-18-13/h10,16H,5-9H2,1-4H3. The summed E-state index contributed by atoms with van der Waals surface area (Å²) in [6.07, 6.45) is 2.69. The van der Waals surface area contributed by atoms with Gasteiger partial charge in [0.1, 0.15) is 12.1 Å². The third-order valence-corrected chi connectivity index (χ3v) is 3.85. The highest BCUT2D eigenvalue weighted by atomic mass is 16.5. The fourth-order valence-corrected chi connectivity index (χ4v) is 3.46. The lowest BCUT2D eigenvalue weighted by atomic mass is 9.98. The van der Waals surface area contributed by atoms with Gasteiger partial charge in [-0.25, -0.2) is 9.97 Å². The first-order chi connectivity index (χ1) is 9.36. The van der Waals surface area contributed by atoms with E-state index in [1.807, 2.05) is 0 Å². The Morgan fingerprint density at radius 3 is 2.55 bits per heavy atom. The Kier molecular flexibility index (Phi) is 3.21. The first-order valence-electron chi connectivity index (χ1n) is 7.35. The van der Waals surface area contributed by atoms with Gasteiger partial charge in [-0.15, -0.1) is 0 Å². The summed E-state index contributed by atoms with van der Waals surface area (Å²) in [4.78, 5) is 11.4. The van der Waals surface area contributed by atoms with Gasteiger partial charge in [0.15, 0.2) is 0 Å². The minimum atomic E-state index is -0.165. The van der Waals surface area contributed by atoms with E-state index in [4.69, 9.17) is 4.74 Å². The van der Waals surface area contributed by atoms with E-state index >= 15 is 0 Å². The van der Waals surface area contributed by atoms with Gasteiger partial charge in [0.25, 0.3) is 0 Å². The first-order valence-corrected chi connectivity index (χ1v) is 7.35. The molecular weight excluding hydrogens is 252 g/mol. The summed E-state index contributed by atoms with van der Waals surface area (Å²) < 4.78 is 6.16. The van der Waals surface area contributed by atoms with Crippen molar-refractivity contribution in [3.05, 3.63) is 17.6 Å². The average Bonchev–Trinajstić information content (AvgIpc) is 2.34. The lowest BCUT2D eigenvalue weighted by Gasteiger charge is -2.48. The van der Waals surface area contributed by atoms with Crippen LogP contribution in [0.15, 0.2) is 6.33 Å². The molecule has 0 aromatic carbocycles. The number of hydrogen-bond acceptors (Lipinski definition) is 5. The number of morpholine rings is 1. The highest BCUT2D eigenvalue weighted by molar-refractivity contribution is 5.50. The SMILES string of the molecule is CC1(C)CN(c2ncnc3c2CNCC3)CC(C)(C)O1. The summed E-state index contributed by atoms with van der Waals surface area (Å²) in [5, 5.41) is 3.42. The fourth-order valence-electron chi connectivity index (χ4n) is 3.46. The van der Waals surface area contributed by atoms with Crippen LogP contribution in [0, 0.1) is 0 Å². The van der Waals surface area contributed by atoms with Crippen LogP contribution in [0.4, 0.5) is 5.82 Å². The quantitative estimate of drug-likeness (QED) is 0.843. The Morgan fingerprint density at radius 2 is 1.85 bits per heavy atom. The van der Waals surface area contributed by atoms with E-state index in [-0.39, 0.29) is 11.2 Å². The number of rotatable bonds is 1. The van der Waals surface area contributed by atoms with Crippen LogP contribution in [0.5, 0.6) is 0 Å². The average molecular weight is 276 g/mol. The predicted octanol–water partition coefficient (Wildman–Crippen LogP) is 1.52. The Morgan fingerprint density at radius 1 is 1.15 bits per heavy atom. The van der Waals surface area contributed by atoms with Gasteiger partial charge in [-0.1, -0.05) is 0 Å². The van der Waals surface area contributed by atoms with Crippen molar-refractivity contribution in [3.63, 3.8) is 0 Å². The molecule has 0 saturated carbocycles. The van der Waals surface area contributed by atoms with Crippen LogP contribution >= 0.6 is 0 Å². The van der Waals surface area contributed by atoms with Gasteiger partial charge < -0.3 is 15.0 Å². The second kappa shape index (κ2) is 4.67. The highest BCUT2D eigenvalue weighted by Crippen LogP contribution is 2.32. The number of fused-ring (bicyclic) bond motifs is 1.